The maximum absolute atomic E-state index is 13.9. The molecule has 2 rings (SSSR count). The minimum absolute atomic E-state index is 0.114. The molecule has 0 aliphatic heterocycles. The Labute approximate surface area is 116 Å². The normalized spacial score (nSPS) is 9.15. The van der Waals surface area contributed by atoms with Crippen LogP contribution in [-0.4, -0.2) is 0 Å². The first-order valence-electron chi connectivity index (χ1n) is 5.86. The van der Waals surface area contributed by atoms with Crippen molar-refractivity contribution in [2.24, 2.45) is 0 Å². The van der Waals surface area contributed by atoms with E-state index in [1.807, 2.05) is 30.3 Å². The molecule has 96 valence electrons. The highest BCUT2D eigenvalue weighted by Gasteiger charge is 2.04. The minimum Gasteiger partial charge on any atom is -0.357 e. The van der Waals surface area contributed by atoms with Crippen molar-refractivity contribution in [1.29, 1.82) is 10.5 Å². The van der Waals surface area contributed by atoms with E-state index in [0.717, 1.165) is 11.1 Å². The summed E-state index contributed by atoms with van der Waals surface area (Å²) in [5.74, 6) is -0.446. The first-order valence-corrected chi connectivity index (χ1v) is 5.86. The number of hydrogen-bond donors (Lipinski definition) is 1. The van der Waals surface area contributed by atoms with E-state index in [4.69, 9.17) is 10.5 Å². The summed E-state index contributed by atoms with van der Waals surface area (Å²) in [4.78, 5) is 0. The van der Waals surface area contributed by atoms with Crippen molar-refractivity contribution in [1.82, 2.24) is 0 Å². The first-order chi connectivity index (χ1) is 9.74. The van der Waals surface area contributed by atoms with Gasteiger partial charge < -0.3 is 5.32 Å². The van der Waals surface area contributed by atoms with Crippen molar-refractivity contribution in [3.05, 3.63) is 66.1 Å². The summed E-state index contributed by atoms with van der Waals surface area (Å²) < 4.78 is 13.9. The van der Waals surface area contributed by atoms with Crippen molar-refractivity contribution in [2.75, 3.05) is 5.32 Å². The van der Waals surface area contributed by atoms with Crippen LogP contribution >= 0.6 is 0 Å². The van der Waals surface area contributed by atoms with Gasteiger partial charge in [0, 0.05) is 6.20 Å². The number of rotatable bonds is 3. The van der Waals surface area contributed by atoms with Crippen LogP contribution in [-0.2, 0) is 0 Å². The zero-order valence-corrected chi connectivity index (χ0v) is 10.5. The molecular formula is C16H10FN3. The van der Waals surface area contributed by atoms with Gasteiger partial charge in [-0.05, 0) is 23.3 Å². The molecule has 3 nitrogen and oxygen atoms in total. The predicted molar refractivity (Wildman–Crippen MR) is 74.8 cm³/mol. The summed E-state index contributed by atoms with van der Waals surface area (Å²) >= 11 is 0. The molecule has 0 aliphatic rings. The van der Waals surface area contributed by atoms with Crippen molar-refractivity contribution in [3.8, 4) is 23.3 Å². The Morgan fingerprint density at radius 3 is 2.30 bits per heavy atom. The third-order valence-corrected chi connectivity index (χ3v) is 2.69. The monoisotopic (exact) mass is 263 g/mol. The van der Waals surface area contributed by atoms with Gasteiger partial charge in [-0.15, -0.1) is 0 Å². The van der Waals surface area contributed by atoms with Gasteiger partial charge in [-0.1, -0.05) is 36.4 Å². The Morgan fingerprint density at radius 2 is 1.70 bits per heavy atom. The van der Waals surface area contributed by atoms with E-state index in [0.29, 0.717) is 0 Å². The second-order valence-electron chi connectivity index (χ2n) is 3.99. The highest BCUT2D eigenvalue weighted by Crippen LogP contribution is 2.24. The number of allylic oxidation sites excluding steroid dienone is 1. The average molecular weight is 263 g/mol. The van der Waals surface area contributed by atoms with E-state index < -0.39 is 5.82 Å². The Morgan fingerprint density at radius 1 is 1.00 bits per heavy atom. The van der Waals surface area contributed by atoms with Crippen molar-refractivity contribution in [2.45, 2.75) is 0 Å². The number of nitrogens with one attached hydrogen (secondary N) is 1. The molecular weight excluding hydrogens is 253 g/mol. The van der Waals surface area contributed by atoms with Gasteiger partial charge in [-0.25, -0.2) is 4.39 Å². The van der Waals surface area contributed by atoms with Crippen LogP contribution in [0.25, 0.3) is 11.1 Å². The molecule has 0 radical (unpaired) electrons. The zero-order chi connectivity index (χ0) is 14.4. The van der Waals surface area contributed by atoms with Crippen LogP contribution in [0.5, 0.6) is 0 Å². The fourth-order valence-electron chi connectivity index (χ4n) is 1.68. The van der Waals surface area contributed by atoms with Crippen LogP contribution in [0.1, 0.15) is 0 Å². The van der Waals surface area contributed by atoms with Crippen LogP contribution in [0.3, 0.4) is 0 Å². The molecule has 0 amide bonds. The van der Waals surface area contributed by atoms with Crippen LogP contribution < -0.4 is 5.32 Å². The highest BCUT2D eigenvalue weighted by molar-refractivity contribution is 5.66. The predicted octanol–water partition coefficient (Wildman–Crippen LogP) is 3.84. The van der Waals surface area contributed by atoms with E-state index >= 15 is 0 Å². The molecule has 1 N–H and O–H groups in total. The molecule has 20 heavy (non-hydrogen) atoms. The van der Waals surface area contributed by atoms with E-state index in [9.17, 15) is 4.39 Å². The fraction of sp³-hybridized carbons (Fsp3) is 0. The van der Waals surface area contributed by atoms with E-state index in [2.05, 4.69) is 5.32 Å². The number of nitriles is 2. The molecule has 0 aliphatic carbocycles. The van der Waals surface area contributed by atoms with Crippen molar-refractivity contribution >= 4 is 5.69 Å². The lowest BCUT2D eigenvalue weighted by Crippen LogP contribution is -1.94. The summed E-state index contributed by atoms with van der Waals surface area (Å²) in [6.45, 7) is 0. The molecule has 0 aromatic heterocycles. The first kappa shape index (κ1) is 13.3. The molecule has 2 aromatic carbocycles. The number of nitrogens with zero attached hydrogens (tertiary/aromatic N) is 2. The number of benzene rings is 2. The van der Waals surface area contributed by atoms with Gasteiger partial charge >= 0.3 is 0 Å². The van der Waals surface area contributed by atoms with E-state index in [1.165, 1.54) is 12.3 Å². The molecule has 0 saturated carbocycles. The Hall–Kier alpha value is -3.11. The van der Waals surface area contributed by atoms with E-state index in [-0.39, 0.29) is 11.3 Å². The molecule has 0 saturated heterocycles. The van der Waals surface area contributed by atoms with Gasteiger partial charge in [0.25, 0.3) is 0 Å². The van der Waals surface area contributed by atoms with Crippen LogP contribution in [0.2, 0.25) is 0 Å². The molecule has 0 bridgehead atoms. The Balaban J connectivity index is 2.26. The zero-order valence-electron chi connectivity index (χ0n) is 10.5. The van der Waals surface area contributed by atoms with Crippen LogP contribution in [0, 0.1) is 28.5 Å². The summed E-state index contributed by atoms with van der Waals surface area (Å²) in [6, 6.07) is 17.6. The standard InChI is InChI=1S/C16H10FN3/c17-15-8-14(13-4-2-1-3-5-13)6-7-16(15)20-11-12(9-18)10-19/h1-8,11,20H. The molecule has 0 spiro atoms. The van der Waals surface area contributed by atoms with Gasteiger partial charge in [0.15, 0.2) is 0 Å². The molecule has 0 fully saturated rings. The minimum atomic E-state index is -0.446. The van der Waals surface area contributed by atoms with Crippen LogP contribution in [0.15, 0.2) is 60.3 Å². The topological polar surface area (TPSA) is 59.6 Å². The summed E-state index contributed by atoms with van der Waals surface area (Å²) in [6.07, 6.45) is 1.18. The van der Waals surface area contributed by atoms with Crippen molar-refractivity contribution in [3.63, 3.8) is 0 Å². The molecule has 0 atom stereocenters. The van der Waals surface area contributed by atoms with Gasteiger partial charge in [-0.3, -0.25) is 0 Å². The quantitative estimate of drug-likeness (QED) is 0.856. The third-order valence-electron chi connectivity index (χ3n) is 2.69. The largest absolute Gasteiger partial charge is 0.357 e. The van der Waals surface area contributed by atoms with Crippen molar-refractivity contribution < 1.29 is 4.39 Å². The smallest absolute Gasteiger partial charge is 0.147 e. The van der Waals surface area contributed by atoms with Gasteiger partial charge in [-0.2, -0.15) is 10.5 Å². The average Bonchev–Trinajstić information content (AvgIpc) is 2.50. The molecule has 0 unspecified atom stereocenters. The molecule has 2 aromatic rings. The lowest BCUT2D eigenvalue weighted by molar-refractivity contribution is 0.632. The number of anilines is 1. The number of halogens is 1. The molecule has 0 heterocycles. The van der Waals surface area contributed by atoms with Gasteiger partial charge in [0.2, 0.25) is 0 Å². The third kappa shape index (κ3) is 3.01. The maximum Gasteiger partial charge on any atom is 0.147 e. The second kappa shape index (κ2) is 6.17. The van der Waals surface area contributed by atoms with Gasteiger partial charge in [0.1, 0.15) is 23.5 Å². The van der Waals surface area contributed by atoms with E-state index in [1.54, 1.807) is 24.3 Å². The lowest BCUT2D eigenvalue weighted by Gasteiger charge is -2.06. The second-order valence-corrected chi connectivity index (χ2v) is 3.99. The highest BCUT2D eigenvalue weighted by atomic mass is 19.1. The Kier molecular flexibility index (Phi) is 4.11. The summed E-state index contributed by atoms with van der Waals surface area (Å²) in [7, 11) is 0. The summed E-state index contributed by atoms with van der Waals surface area (Å²) in [5.41, 5.74) is 1.78. The maximum atomic E-state index is 13.9. The number of hydrogen-bond acceptors (Lipinski definition) is 3. The summed E-state index contributed by atoms with van der Waals surface area (Å²) in [5, 5.41) is 19.8. The lowest BCUT2D eigenvalue weighted by atomic mass is 10.1. The SMILES string of the molecule is N#CC(C#N)=CNc1ccc(-c2ccccc2)cc1F. The molecule has 4 heteroatoms. The Bertz CT molecular complexity index is 706. The van der Waals surface area contributed by atoms with Crippen LogP contribution in [0.4, 0.5) is 10.1 Å². The fourth-order valence-corrected chi connectivity index (χ4v) is 1.68. The van der Waals surface area contributed by atoms with Gasteiger partial charge in [0.05, 0.1) is 5.69 Å².